The highest BCUT2D eigenvalue weighted by atomic mass is 35.5. The molecule has 2 unspecified atom stereocenters. The van der Waals surface area contributed by atoms with Gasteiger partial charge in [0, 0.05) is 23.7 Å². The molecule has 0 aliphatic heterocycles. The van der Waals surface area contributed by atoms with Crippen molar-refractivity contribution in [3.05, 3.63) is 34.9 Å². The van der Waals surface area contributed by atoms with Crippen LogP contribution in [0.3, 0.4) is 0 Å². The summed E-state index contributed by atoms with van der Waals surface area (Å²) in [5, 5.41) is 8.47. The monoisotopic (exact) mass is 406 g/mol. The summed E-state index contributed by atoms with van der Waals surface area (Å²) in [4.78, 5) is 0. The number of nitrogens with one attached hydrogen (secondary N) is 2. The maximum Gasteiger partial charge on any atom is 0.0406 e. The van der Waals surface area contributed by atoms with E-state index in [4.69, 9.17) is 11.6 Å². The molecular formula is C25H43ClN2. The van der Waals surface area contributed by atoms with Crippen LogP contribution in [0.5, 0.6) is 0 Å². The van der Waals surface area contributed by atoms with Crippen LogP contribution in [0.15, 0.2) is 24.3 Å². The van der Waals surface area contributed by atoms with Crippen molar-refractivity contribution in [2.45, 2.75) is 115 Å². The molecule has 1 aliphatic rings. The lowest BCUT2D eigenvalue weighted by Gasteiger charge is -2.33. The van der Waals surface area contributed by atoms with Crippen molar-refractivity contribution in [3.63, 3.8) is 0 Å². The molecule has 2 nitrogen and oxygen atoms in total. The summed E-state index contributed by atoms with van der Waals surface area (Å²) in [6, 6.07) is 9.47. The van der Waals surface area contributed by atoms with Gasteiger partial charge in [-0.2, -0.15) is 0 Å². The van der Waals surface area contributed by atoms with E-state index in [2.05, 4.69) is 29.7 Å². The predicted octanol–water partition coefficient (Wildman–Crippen LogP) is 7.25. The van der Waals surface area contributed by atoms with Crippen molar-refractivity contribution >= 4 is 11.6 Å². The molecule has 0 aromatic heterocycles. The van der Waals surface area contributed by atoms with Crippen LogP contribution in [0, 0.1) is 0 Å². The van der Waals surface area contributed by atoms with E-state index in [0.717, 1.165) is 11.6 Å². The molecule has 0 bridgehead atoms. The highest BCUT2D eigenvalue weighted by molar-refractivity contribution is 6.30. The molecule has 0 spiro atoms. The summed E-state index contributed by atoms with van der Waals surface area (Å²) >= 11 is 5.99. The van der Waals surface area contributed by atoms with Gasteiger partial charge in [0.2, 0.25) is 0 Å². The molecule has 1 saturated carbocycles. The van der Waals surface area contributed by atoms with Gasteiger partial charge in [0.1, 0.15) is 0 Å². The first-order valence-electron chi connectivity index (χ1n) is 12.0. The molecule has 1 fully saturated rings. The van der Waals surface area contributed by atoms with Crippen molar-refractivity contribution in [2.75, 3.05) is 6.54 Å². The highest BCUT2D eigenvalue weighted by Crippen LogP contribution is 2.20. The lowest BCUT2D eigenvalue weighted by Crippen LogP contribution is -2.49. The Balaban J connectivity index is 1.52. The van der Waals surface area contributed by atoms with Gasteiger partial charge in [0.05, 0.1) is 0 Å². The minimum atomic E-state index is 0.604. The Hall–Kier alpha value is -0.570. The number of halogens is 1. The summed E-state index contributed by atoms with van der Waals surface area (Å²) in [7, 11) is 0. The molecular weight excluding hydrogens is 364 g/mol. The molecule has 0 heterocycles. The number of rotatable bonds is 15. The van der Waals surface area contributed by atoms with Crippen LogP contribution >= 0.6 is 11.6 Å². The Morgan fingerprint density at radius 2 is 1.29 bits per heavy atom. The van der Waals surface area contributed by atoms with Crippen LogP contribution < -0.4 is 10.6 Å². The van der Waals surface area contributed by atoms with Crippen molar-refractivity contribution in [2.24, 2.45) is 0 Å². The Morgan fingerprint density at radius 3 is 1.89 bits per heavy atom. The molecule has 0 amide bonds. The number of hydrogen-bond donors (Lipinski definition) is 2. The number of benzene rings is 1. The van der Waals surface area contributed by atoms with Crippen LogP contribution in [-0.4, -0.2) is 18.6 Å². The van der Waals surface area contributed by atoms with E-state index in [0.29, 0.717) is 12.1 Å². The molecule has 0 saturated heterocycles. The first kappa shape index (κ1) is 23.7. The molecule has 1 aliphatic carbocycles. The summed E-state index contributed by atoms with van der Waals surface area (Å²) in [5.41, 5.74) is 1.32. The fraction of sp³-hybridized carbons (Fsp3) is 0.760. The first-order valence-corrected chi connectivity index (χ1v) is 12.4. The smallest absolute Gasteiger partial charge is 0.0406 e. The van der Waals surface area contributed by atoms with Crippen molar-refractivity contribution in [1.29, 1.82) is 0 Å². The average molecular weight is 407 g/mol. The summed E-state index contributed by atoms with van der Waals surface area (Å²) < 4.78 is 0. The summed E-state index contributed by atoms with van der Waals surface area (Å²) in [6.45, 7) is 4.41. The third-order valence-corrected chi connectivity index (χ3v) is 6.44. The highest BCUT2D eigenvalue weighted by Gasteiger charge is 2.23. The molecule has 0 radical (unpaired) electrons. The quantitative estimate of drug-likeness (QED) is 0.299. The minimum Gasteiger partial charge on any atom is -0.312 e. The second kappa shape index (κ2) is 15.3. The zero-order valence-electron chi connectivity index (χ0n) is 18.2. The Labute approximate surface area is 179 Å². The van der Waals surface area contributed by atoms with E-state index in [1.807, 2.05) is 12.1 Å². The van der Waals surface area contributed by atoms with E-state index >= 15 is 0 Å². The Bertz CT molecular complexity index is 488. The maximum atomic E-state index is 5.99. The third-order valence-electron chi connectivity index (χ3n) is 6.18. The van der Waals surface area contributed by atoms with Crippen LogP contribution in [0.4, 0.5) is 0 Å². The second-order valence-corrected chi connectivity index (χ2v) is 9.08. The summed E-state index contributed by atoms with van der Waals surface area (Å²) in [5.74, 6) is 0. The van der Waals surface area contributed by atoms with Crippen LogP contribution in [0.1, 0.15) is 102 Å². The van der Waals surface area contributed by atoms with Gasteiger partial charge >= 0.3 is 0 Å². The zero-order valence-corrected chi connectivity index (χ0v) is 18.9. The largest absolute Gasteiger partial charge is 0.312 e. The molecule has 2 atom stereocenters. The van der Waals surface area contributed by atoms with Gasteiger partial charge in [0.25, 0.3) is 0 Å². The standard InChI is InChI=1S/C25H43ClN2/c1-2-3-4-5-6-7-8-9-10-13-20-27-24-14-11-12-15-25(24)28-21-22-16-18-23(26)19-17-22/h16-19,24-25,27-28H,2-15,20-21H2,1H3. The lowest BCUT2D eigenvalue weighted by molar-refractivity contribution is 0.281. The van der Waals surface area contributed by atoms with E-state index in [-0.39, 0.29) is 0 Å². The lowest BCUT2D eigenvalue weighted by atomic mass is 9.90. The van der Waals surface area contributed by atoms with Gasteiger partial charge in [0.15, 0.2) is 0 Å². The van der Waals surface area contributed by atoms with E-state index in [1.54, 1.807) is 0 Å². The number of unbranched alkanes of at least 4 members (excludes halogenated alkanes) is 9. The average Bonchev–Trinajstić information content (AvgIpc) is 2.72. The second-order valence-electron chi connectivity index (χ2n) is 8.64. The SMILES string of the molecule is CCCCCCCCCCCCNC1CCCCC1NCc1ccc(Cl)cc1. The minimum absolute atomic E-state index is 0.604. The summed E-state index contributed by atoms with van der Waals surface area (Å²) in [6.07, 6.45) is 19.4. The van der Waals surface area contributed by atoms with Gasteiger partial charge in [-0.05, 0) is 43.5 Å². The first-order chi connectivity index (χ1) is 13.8. The van der Waals surface area contributed by atoms with Crippen molar-refractivity contribution in [1.82, 2.24) is 10.6 Å². The molecule has 2 rings (SSSR count). The fourth-order valence-electron chi connectivity index (χ4n) is 4.37. The molecule has 2 N–H and O–H groups in total. The van der Waals surface area contributed by atoms with E-state index in [1.165, 1.54) is 102 Å². The van der Waals surface area contributed by atoms with Gasteiger partial charge in [-0.1, -0.05) is 101 Å². The van der Waals surface area contributed by atoms with Gasteiger partial charge < -0.3 is 10.6 Å². The molecule has 160 valence electrons. The van der Waals surface area contributed by atoms with Gasteiger partial charge in [-0.25, -0.2) is 0 Å². The Kier molecular flexibility index (Phi) is 12.9. The van der Waals surface area contributed by atoms with Crippen LogP contribution in [0.2, 0.25) is 5.02 Å². The van der Waals surface area contributed by atoms with Crippen LogP contribution in [0.25, 0.3) is 0 Å². The molecule has 1 aromatic rings. The van der Waals surface area contributed by atoms with Crippen LogP contribution in [-0.2, 0) is 6.54 Å². The van der Waals surface area contributed by atoms with Crippen molar-refractivity contribution in [3.8, 4) is 0 Å². The normalized spacial score (nSPS) is 19.8. The third kappa shape index (κ3) is 10.3. The number of hydrogen-bond acceptors (Lipinski definition) is 2. The Morgan fingerprint density at radius 1 is 0.750 bits per heavy atom. The van der Waals surface area contributed by atoms with E-state index < -0.39 is 0 Å². The zero-order chi connectivity index (χ0) is 19.9. The van der Waals surface area contributed by atoms with Crippen molar-refractivity contribution < 1.29 is 0 Å². The topological polar surface area (TPSA) is 24.1 Å². The predicted molar refractivity (Wildman–Crippen MR) is 124 cm³/mol. The molecule has 1 aromatic carbocycles. The van der Waals surface area contributed by atoms with E-state index in [9.17, 15) is 0 Å². The maximum absolute atomic E-state index is 5.99. The molecule has 28 heavy (non-hydrogen) atoms. The fourth-order valence-corrected chi connectivity index (χ4v) is 4.50. The molecule has 3 heteroatoms. The van der Waals surface area contributed by atoms with Gasteiger partial charge in [-0.3, -0.25) is 0 Å². The van der Waals surface area contributed by atoms with Gasteiger partial charge in [-0.15, -0.1) is 0 Å².